The summed E-state index contributed by atoms with van der Waals surface area (Å²) in [6.07, 6.45) is 0.800. The fraction of sp³-hybridized carbons (Fsp3) is 0.417. The first kappa shape index (κ1) is 10.7. The zero-order chi connectivity index (χ0) is 10.7. The molecule has 0 N–H and O–H groups in total. The van der Waals surface area contributed by atoms with Crippen molar-refractivity contribution in [3.63, 3.8) is 0 Å². The third-order valence-corrected chi connectivity index (χ3v) is 3.14. The fourth-order valence-corrected chi connectivity index (χ4v) is 2.08. The van der Waals surface area contributed by atoms with Gasteiger partial charge in [0.25, 0.3) is 0 Å². The van der Waals surface area contributed by atoms with E-state index in [2.05, 4.69) is 0 Å². The Kier molecular flexibility index (Phi) is 3.39. The number of ether oxygens (including phenoxy) is 1. The Morgan fingerprint density at radius 3 is 2.73 bits per heavy atom. The standard InChI is InChI=1S/C12H13ClO2/c13-11(9-4-2-1-3-5-9)12(14)10-6-7-15-8-10/h1-5,10-11H,6-8H2. The zero-order valence-corrected chi connectivity index (χ0v) is 9.11. The van der Waals surface area contributed by atoms with Gasteiger partial charge in [-0.15, -0.1) is 11.6 Å². The van der Waals surface area contributed by atoms with E-state index in [-0.39, 0.29) is 11.7 Å². The van der Waals surface area contributed by atoms with Crippen LogP contribution in [-0.4, -0.2) is 19.0 Å². The van der Waals surface area contributed by atoms with Gasteiger partial charge in [-0.2, -0.15) is 0 Å². The molecule has 80 valence electrons. The Morgan fingerprint density at radius 2 is 2.13 bits per heavy atom. The van der Waals surface area contributed by atoms with Crippen molar-refractivity contribution in [3.05, 3.63) is 35.9 Å². The van der Waals surface area contributed by atoms with Gasteiger partial charge < -0.3 is 4.74 Å². The lowest BCUT2D eigenvalue weighted by Crippen LogP contribution is -2.19. The molecule has 0 spiro atoms. The monoisotopic (exact) mass is 224 g/mol. The molecule has 0 aliphatic carbocycles. The first-order valence-electron chi connectivity index (χ1n) is 5.09. The lowest BCUT2D eigenvalue weighted by atomic mass is 9.97. The van der Waals surface area contributed by atoms with E-state index in [1.807, 2.05) is 30.3 Å². The van der Waals surface area contributed by atoms with Crippen LogP contribution in [0.15, 0.2) is 30.3 Å². The molecule has 2 atom stereocenters. The molecule has 1 aliphatic heterocycles. The molecule has 1 aromatic rings. The van der Waals surface area contributed by atoms with Crippen LogP contribution in [0.2, 0.25) is 0 Å². The van der Waals surface area contributed by atoms with E-state index in [9.17, 15) is 4.79 Å². The number of hydrogen-bond donors (Lipinski definition) is 0. The van der Waals surface area contributed by atoms with E-state index in [1.54, 1.807) is 0 Å². The minimum Gasteiger partial charge on any atom is -0.381 e. The second-order valence-corrected chi connectivity index (χ2v) is 4.17. The predicted molar refractivity (Wildman–Crippen MR) is 59.0 cm³/mol. The molecule has 2 unspecified atom stereocenters. The van der Waals surface area contributed by atoms with Crippen LogP contribution in [0.4, 0.5) is 0 Å². The van der Waals surface area contributed by atoms with Crippen LogP contribution < -0.4 is 0 Å². The first-order valence-corrected chi connectivity index (χ1v) is 5.53. The maximum atomic E-state index is 11.9. The number of rotatable bonds is 3. The summed E-state index contributed by atoms with van der Waals surface area (Å²) in [5, 5.41) is -0.530. The molecule has 1 fully saturated rings. The summed E-state index contributed by atoms with van der Waals surface area (Å²) in [5.41, 5.74) is 0.871. The van der Waals surface area contributed by atoms with Crippen LogP contribution in [0.3, 0.4) is 0 Å². The van der Waals surface area contributed by atoms with E-state index in [0.717, 1.165) is 12.0 Å². The van der Waals surface area contributed by atoms with E-state index in [4.69, 9.17) is 16.3 Å². The highest BCUT2D eigenvalue weighted by molar-refractivity contribution is 6.31. The SMILES string of the molecule is O=C(C1CCOC1)C(Cl)c1ccccc1. The van der Waals surface area contributed by atoms with E-state index in [1.165, 1.54) is 0 Å². The maximum Gasteiger partial charge on any atom is 0.160 e. The molecule has 1 aliphatic rings. The average Bonchev–Trinajstić information content (AvgIpc) is 2.82. The topological polar surface area (TPSA) is 26.3 Å². The van der Waals surface area contributed by atoms with Crippen molar-refractivity contribution in [2.75, 3.05) is 13.2 Å². The van der Waals surface area contributed by atoms with Gasteiger partial charge in [0.15, 0.2) is 5.78 Å². The third kappa shape index (κ3) is 2.39. The third-order valence-electron chi connectivity index (χ3n) is 2.67. The quantitative estimate of drug-likeness (QED) is 0.738. The zero-order valence-electron chi connectivity index (χ0n) is 8.36. The number of alkyl halides is 1. The van der Waals surface area contributed by atoms with Crippen LogP contribution in [0, 0.1) is 5.92 Å². The van der Waals surface area contributed by atoms with Gasteiger partial charge in [-0.25, -0.2) is 0 Å². The predicted octanol–water partition coefficient (Wildman–Crippen LogP) is 2.57. The van der Waals surface area contributed by atoms with Crippen molar-refractivity contribution in [1.82, 2.24) is 0 Å². The van der Waals surface area contributed by atoms with Gasteiger partial charge >= 0.3 is 0 Å². The molecule has 2 rings (SSSR count). The van der Waals surface area contributed by atoms with Gasteiger partial charge in [0.1, 0.15) is 5.38 Å². The minimum atomic E-state index is -0.530. The Balaban J connectivity index is 2.07. The molecule has 1 heterocycles. The molecule has 0 aromatic heterocycles. The van der Waals surface area contributed by atoms with Gasteiger partial charge in [0.2, 0.25) is 0 Å². The van der Waals surface area contributed by atoms with Crippen LogP contribution in [0.5, 0.6) is 0 Å². The van der Waals surface area contributed by atoms with Crippen molar-refractivity contribution in [1.29, 1.82) is 0 Å². The Labute approximate surface area is 94.2 Å². The highest BCUT2D eigenvalue weighted by Crippen LogP contribution is 2.27. The molecule has 1 aromatic carbocycles. The highest BCUT2D eigenvalue weighted by Gasteiger charge is 2.29. The fourth-order valence-electron chi connectivity index (χ4n) is 1.75. The number of Topliss-reactive ketones (excluding diaryl/α,β-unsaturated/α-hetero) is 1. The van der Waals surface area contributed by atoms with Crippen molar-refractivity contribution in [2.45, 2.75) is 11.8 Å². The molecular weight excluding hydrogens is 212 g/mol. The summed E-state index contributed by atoms with van der Waals surface area (Å²) < 4.78 is 5.18. The molecular formula is C12H13ClO2. The van der Waals surface area contributed by atoms with Gasteiger partial charge in [-0.3, -0.25) is 4.79 Å². The van der Waals surface area contributed by atoms with E-state index < -0.39 is 5.38 Å². The number of carbonyl (C=O) groups excluding carboxylic acids is 1. The maximum absolute atomic E-state index is 11.9. The highest BCUT2D eigenvalue weighted by atomic mass is 35.5. The summed E-state index contributed by atoms with van der Waals surface area (Å²) >= 11 is 6.13. The second kappa shape index (κ2) is 4.77. The summed E-state index contributed by atoms with van der Waals surface area (Å²) in [4.78, 5) is 11.9. The molecule has 1 saturated heterocycles. The largest absolute Gasteiger partial charge is 0.381 e. The van der Waals surface area contributed by atoms with Gasteiger partial charge in [-0.1, -0.05) is 30.3 Å². The Morgan fingerprint density at radius 1 is 1.40 bits per heavy atom. The van der Waals surface area contributed by atoms with Crippen LogP contribution in [-0.2, 0) is 9.53 Å². The van der Waals surface area contributed by atoms with Gasteiger partial charge in [0, 0.05) is 12.5 Å². The van der Waals surface area contributed by atoms with Crippen molar-refractivity contribution in [2.24, 2.45) is 5.92 Å². The normalized spacial score (nSPS) is 22.6. The lowest BCUT2D eigenvalue weighted by Gasteiger charge is -2.12. The average molecular weight is 225 g/mol. The molecule has 15 heavy (non-hydrogen) atoms. The van der Waals surface area contributed by atoms with Gasteiger partial charge in [-0.05, 0) is 12.0 Å². The van der Waals surface area contributed by atoms with E-state index in [0.29, 0.717) is 13.2 Å². The van der Waals surface area contributed by atoms with Crippen molar-refractivity contribution in [3.8, 4) is 0 Å². The van der Waals surface area contributed by atoms with Crippen molar-refractivity contribution < 1.29 is 9.53 Å². The summed E-state index contributed by atoms with van der Waals surface area (Å²) in [6.45, 7) is 1.20. The molecule has 0 amide bonds. The molecule has 0 radical (unpaired) electrons. The summed E-state index contributed by atoms with van der Waals surface area (Å²) in [6, 6.07) is 9.46. The van der Waals surface area contributed by atoms with E-state index >= 15 is 0 Å². The smallest absolute Gasteiger partial charge is 0.160 e. The summed E-state index contributed by atoms with van der Waals surface area (Å²) in [7, 11) is 0. The minimum absolute atomic E-state index is 0.0206. The number of carbonyl (C=O) groups is 1. The molecule has 0 saturated carbocycles. The van der Waals surface area contributed by atoms with Crippen LogP contribution in [0.1, 0.15) is 17.4 Å². The second-order valence-electron chi connectivity index (χ2n) is 3.74. The lowest BCUT2D eigenvalue weighted by molar-refractivity contribution is -0.122. The molecule has 3 heteroatoms. The number of benzene rings is 1. The van der Waals surface area contributed by atoms with Crippen LogP contribution >= 0.6 is 11.6 Å². The first-order chi connectivity index (χ1) is 7.29. The summed E-state index contributed by atoms with van der Waals surface area (Å²) in [5.74, 6) is 0.0630. The van der Waals surface area contributed by atoms with Crippen LogP contribution in [0.25, 0.3) is 0 Å². The Bertz CT molecular complexity index is 331. The molecule has 2 nitrogen and oxygen atoms in total. The van der Waals surface area contributed by atoms with Crippen molar-refractivity contribution >= 4 is 17.4 Å². The molecule has 0 bridgehead atoms. The Hall–Kier alpha value is -0.860. The number of halogens is 1. The number of hydrogen-bond acceptors (Lipinski definition) is 2. The van der Waals surface area contributed by atoms with Gasteiger partial charge in [0.05, 0.1) is 6.61 Å². The number of ketones is 1.